The molecule has 0 saturated heterocycles. The van der Waals surface area contributed by atoms with Gasteiger partial charge >= 0.3 is 5.97 Å². The summed E-state index contributed by atoms with van der Waals surface area (Å²) in [6, 6.07) is 12.0. The van der Waals surface area contributed by atoms with E-state index < -0.39 is 12.0 Å². The van der Waals surface area contributed by atoms with Crippen molar-refractivity contribution in [3.63, 3.8) is 0 Å². The number of hydrogen-bond acceptors (Lipinski definition) is 8. The Hall–Kier alpha value is -3.85. The molecule has 0 saturated carbocycles. The molecule has 35 heavy (non-hydrogen) atoms. The summed E-state index contributed by atoms with van der Waals surface area (Å²) in [4.78, 5) is 31.9. The molecule has 1 aliphatic rings. The molecule has 0 aliphatic carbocycles. The summed E-state index contributed by atoms with van der Waals surface area (Å²) in [5, 5.41) is 0. The predicted octanol–water partition coefficient (Wildman–Crippen LogP) is 2.82. The number of rotatable bonds is 7. The number of ether oxygens (including phenoxy) is 4. The molecule has 1 atom stereocenters. The summed E-state index contributed by atoms with van der Waals surface area (Å²) in [7, 11) is 4.66. The number of carbonyl (C=O) groups is 1. The third-order valence-electron chi connectivity index (χ3n) is 5.67. The summed E-state index contributed by atoms with van der Waals surface area (Å²) in [6.45, 7) is 3.69. The molecular formula is C26H26N2O6S. The summed E-state index contributed by atoms with van der Waals surface area (Å²) >= 11 is 1.24. The minimum absolute atomic E-state index is 0.203. The fourth-order valence-corrected chi connectivity index (χ4v) is 5.18. The van der Waals surface area contributed by atoms with Crippen molar-refractivity contribution in [2.75, 3.05) is 27.9 Å². The first kappa shape index (κ1) is 24.3. The van der Waals surface area contributed by atoms with Crippen molar-refractivity contribution in [1.29, 1.82) is 0 Å². The normalized spacial score (nSPS) is 15.3. The molecule has 0 amide bonds. The molecule has 0 spiro atoms. The van der Waals surface area contributed by atoms with E-state index in [9.17, 15) is 9.59 Å². The van der Waals surface area contributed by atoms with Crippen LogP contribution in [0.25, 0.3) is 6.08 Å². The number of fused-ring (bicyclic) bond motifs is 1. The van der Waals surface area contributed by atoms with E-state index >= 15 is 0 Å². The quantitative estimate of drug-likeness (QED) is 0.470. The Morgan fingerprint density at radius 2 is 1.77 bits per heavy atom. The van der Waals surface area contributed by atoms with Crippen molar-refractivity contribution in [3.8, 4) is 17.2 Å². The van der Waals surface area contributed by atoms with Crippen LogP contribution in [-0.4, -0.2) is 38.5 Å². The number of carbonyl (C=O) groups excluding carboxylic acids is 1. The molecule has 2 aromatic carbocycles. The second-order valence-electron chi connectivity index (χ2n) is 7.63. The van der Waals surface area contributed by atoms with Crippen LogP contribution in [0.3, 0.4) is 0 Å². The summed E-state index contributed by atoms with van der Waals surface area (Å²) < 4.78 is 23.8. The third-order valence-corrected chi connectivity index (χ3v) is 6.65. The molecule has 3 aromatic rings. The van der Waals surface area contributed by atoms with Crippen LogP contribution in [0.4, 0.5) is 0 Å². The average molecular weight is 495 g/mol. The first-order valence-electron chi connectivity index (χ1n) is 11.0. The van der Waals surface area contributed by atoms with E-state index in [4.69, 9.17) is 18.9 Å². The van der Waals surface area contributed by atoms with E-state index in [1.165, 1.54) is 15.9 Å². The second-order valence-corrected chi connectivity index (χ2v) is 8.64. The van der Waals surface area contributed by atoms with E-state index in [1.54, 1.807) is 53.4 Å². The van der Waals surface area contributed by atoms with Crippen molar-refractivity contribution in [2.45, 2.75) is 19.9 Å². The van der Waals surface area contributed by atoms with Gasteiger partial charge < -0.3 is 18.9 Å². The number of allylic oxidation sites excluding steroid dienone is 1. The topological polar surface area (TPSA) is 88.4 Å². The predicted molar refractivity (Wildman–Crippen MR) is 133 cm³/mol. The molecule has 0 fully saturated rings. The van der Waals surface area contributed by atoms with Gasteiger partial charge in [-0.2, -0.15) is 0 Å². The number of methoxy groups -OCH3 is 3. The Bertz CT molecular complexity index is 1480. The number of para-hydroxylation sites is 2. The molecule has 8 nitrogen and oxygen atoms in total. The minimum atomic E-state index is -0.754. The second kappa shape index (κ2) is 10.2. The third kappa shape index (κ3) is 4.35. The first-order chi connectivity index (χ1) is 16.9. The molecule has 0 N–H and O–H groups in total. The Morgan fingerprint density at radius 3 is 2.46 bits per heavy atom. The largest absolute Gasteiger partial charge is 0.496 e. The van der Waals surface area contributed by atoms with Gasteiger partial charge in [-0.1, -0.05) is 41.7 Å². The van der Waals surface area contributed by atoms with E-state index in [1.807, 2.05) is 30.3 Å². The van der Waals surface area contributed by atoms with Gasteiger partial charge in [0.15, 0.2) is 16.3 Å². The molecule has 1 aromatic heterocycles. The summed E-state index contributed by atoms with van der Waals surface area (Å²) in [5.41, 5.74) is 1.86. The number of aromatic nitrogens is 1. The van der Waals surface area contributed by atoms with Crippen molar-refractivity contribution in [1.82, 2.24) is 4.57 Å². The molecule has 0 radical (unpaired) electrons. The Labute approximate surface area is 206 Å². The molecule has 182 valence electrons. The maximum absolute atomic E-state index is 13.8. The van der Waals surface area contributed by atoms with E-state index in [0.717, 1.165) is 0 Å². The van der Waals surface area contributed by atoms with Gasteiger partial charge in [0.2, 0.25) is 0 Å². The number of hydrogen-bond donors (Lipinski definition) is 0. The Balaban J connectivity index is 2.00. The number of benzene rings is 2. The zero-order valence-corrected chi connectivity index (χ0v) is 21.0. The monoisotopic (exact) mass is 494 g/mol. The maximum Gasteiger partial charge on any atom is 0.338 e. The lowest BCUT2D eigenvalue weighted by Crippen LogP contribution is -2.40. The maximum atomic E-state index is 13.8. The van der Waals surface area contributed by atoms with E-state index in [-0.39, 0.29) is 12.2 Å². The van der Waals surface area contributed by atoms with Gasteiger partial charge in [0.05, 0.1) is 43.7 Å². The number of thiazole rings is 1. The Kier molecular flexibility index (Phi) is 7.07. The van der Waals surface area contributed by atoms with Crippen LogP contribution in [-0.2, 0) is 9.53 Å². The standard InChI is InChI=1S/C26H26N2O6S/c1-6-34-25(30)21-15(2)27-26-28(22(21)17-11-7-8-12-18(17)31-3)24(29)20(35-26)14-16-10-9-13-19(32-4)23(16)33-5/h7-14,22H,6H2,1-5H3. The lowest BCUT2D eigenvalue weighted by molar-refractivity contribution is -0.139. The van der Waals surface area contributed by atoms with Gasteiger partial charge in [0.25, 0.3) is 5.56 Å². The molecule has 4 rings (SSSR count). The molecule has 9 heteroatoms. The SMILES string of the molecule is CCOC(=O)C1=C(C)N=c2sc(=Cc3cccc(OC)c3OC)c(=O)n2C1c1ccccc1OC. The number of esters is 1. The smallest absolute Gasteiger partial charge is 0.338 e. The van der Waals surface area contributed by atoms with E-state index in [0.29, 0.717) is 49.0 Å². The molecular weight excluding hydrogens is 468 g/mol. The van der Waals surface area contributed by atoms with Crippen molar-refractivity contribution in [2.24, 2.45) is 4.99 Å². The number of nitrogens with zero attached hydrogens (tertiary/aromatic N) is 2. The van der Waals surface area contributed by atoms with Gasteiger partial charge in [-0.05, 0) is 32.1 Å². The highest BCUT2D eigenvalue weighted by Gasteiger charge is 2.35. The first-order valence-corrected chi connectivity index (χ1v) is 11.8. The van der Waals surface area contributed by atoms with Crippen LogP contribution in [0.2, 0.25) is 0 Å². The van der Waals surface area contributed by atoms with Gasteiger partial charge in [0.1, 0.15) is 11.8 Å². The fraction of sp³-hybridized carbons (Fsp3) is 0.269. The van der Waals surface area contributed by atoms with Crippen LogP contribution in [0.5, 0.6) is 17.2 Å². The summed E-state index contributed by atoms with van der Waals surface area (Å²) in [5.74, 6) is 1.11. The fourth-order valence-electron chi connectivity index (χ4n) is 4.14. The molecule has 1 aliphatic heterocycles. The van der Waals surface area contributed by atoms with Gasteiger partial charge in [-0.15, -0.1) is 0 Å². The molecule has 2 heterocycles. The van der Waals surface area contributed by atoms with Crippen LogP contribution in [0.15, 0.2) is 63.5 Å². The highest BCUT2D eigenvalue weighted by Crippen LogP contribution is 2.36. The van der Waals surface area contributed by atoms with Crippen LogP contribution >= 0.6 is 11.3 Å². The van der Waals surface area contributed by atoms with Crippen LogP contribution in [0, 0.1) is 0 Å². The zero-order valence-electron chi connectivity index (χ0n) is 20.2. The summed E-state index contributed by atoms with van der Waals surface area (Å²) in [6.07, 6.45) is 1.74. The Morgan fingerprint density at radius 1 is 1.06 bits per heavy atom. The zero-order chi connectivity index (χ0) is 25.1. The molecule has 1 unspecified atom stereocenters. The highest BCUT2D eigenvalue weighted by molar-refractivity contribution is 7.07. The lowest BCUT2D eigenvalue weighted by atomic mass is 9.95. The van der Waals surface area contributed by atoms with Crippen LogP contribution < -0.4 is 29.1 Å². The van der Waals surface area contributed by atoms with Crippen molar-refractivity contribution in [3.05, 3.63) is 84.5 Å². The van der Waals surface area contributed by atoms with E-state index in [2.05, 4.69) is 4.99 Å². The van der Waals surface area contributed by atoms with Crippen molar-refractivity contribution >= 4 is 23.4 Å². The minimum Gasteiger partial charge on any atom is -0.496 e. The van der Waals surface area contributed by atoms with Gasteiger partial charge in [-0.25, -0.2) is 9.79 Å². The van der Waals surface area contributed by atoms with Gasteiger partial charge in [-0.3, -0.25) is 9.36 Å². The average Bonchev–Trinajstić information content (AvgIpc) is 3.17. The molecule has 0 bridgehead atoms. The highest BCUT2D eigenvalue weighted by atomic mass is 32.1. The van der Waals surface area contributed by atoms with Crippen molar-refractivity contribution < 1.29 is 23.7 Å². The lowest BCUT2D eigenvalue weighted by Gasteiger charge is -2.25. The van der Waals surface area contributed by atoms with Gasteiger partial charge in [0, 0.05) is 11.1 Å². The van der Waals surface area contributed by atoms with Crippen LogP contribution in [0.1, 0.15) is 31.0 Å².